The van der Waals surface area contributed by atoms with Gasteiger partial charge in [0.05, 0.1) is 30.0 Å². The highest BCUT2D eigenvalue weighted by atomic mass is 16.4. The maximum absolute atomic E-state index is 12.3. The molecule has 2 N–H and O–H groups in total. The molecule has 2 heterocycles. The molecule has 1 atom stereocenters. The largest absolute Gasteiger partial charge is 0.467 e. The van der Waals surface area contributed by atoms with Gasteiger partial charge in [-0.2, -0.15) is 0 Å². The number of rotatable bonds is 5. The van der Waals surface area contributed by atoms with Crippen molar-refractivity contribution in [3.63, 3.8) is 0 Å². The number of amides is 1. The van der Waals surface area contributed by atoms with Gasteiger partial charge < -0.3 is 14.8 Å². The maximum atomic E-state index is 12.3. The van der Waals surface area contributed by atoms with Crippen LogP contribution in [0.2, 0.25) is 0 Å². The van der Waals surface area contributed by atoms with Crippen LogP contribution in [0.25, 0.3) is 10.9 Å². The average Bonchev–Trinajstić information content (AvgIpc) is 3.10. The number of nitrogens with one attached hydrogen (secondary N) is 1. The van der Waals surface area contributed by atoms with E-state index in [0.29, 0.717) is 16.7 Å². The van der Waals surface area contributed by atoms with Crippen molar-refractivity contribution in [1.29, 1.82) is 0 Å². The van der Waals surface area contributed by atoms with Crippen LogP contribution in [0.5, 0.6) is 0 Å². The number of aliphatic hydroxyl groups excluding tert-OH is 1. The lowest BCUT2D eigenvalue weighted by Gasteiger charge is -2.10. The molecule has 0 aliphatic rings. The minimum Gasteiger partial charge on any atom is -0.467 e. The standard InChI is InChI=1S/C16H15N3O4/c20-13(14-6-3-7-23-14)8-17-15(21)9-19-10-18-12-5-2-1-4-11(12)16(19)22/h1-7,10,13,20H,8-9H2,(H,17,21). The van der Waals surface area contributed by atoms with Crippen LogP contribution in [0, 0.1) is 0 Å². The van der Waals surface area contributed by atoms with Crippen molar-refractivity contribution in [1.82, 2.24) is 14.9 Å². The topological polar surface area (TPSA) is 97.4 Å². The lowest BCUT2D eigenvalue weighted by atomic mass is 10.2. The van der Waals surface area contributed by atoms with E-state index >= 15 is 0 Å². The average molecular weight is 313 g/mol. The van der Waals surface area contributed by atoms with E-state index in [0.717, 1.165) is 0 Å². The van der Waals surface area contributed by atoms with Gasteiger partial charge in [0.15, 0.2) is 0 Å². The van der Waals surface area contributed by atoms with Crippen molar-refractivity contribution >= 4 is 16.8 Å². The fourth-order valence-corrected chi connectivity index (χ4v) is 2.22. The maximum Gasteiger partial charge on any atom is 0.261 e. The smallest absolute Gasteiger partial charge is 0.261 e. The van der Waals surface area contributed by atoms with E-state index in [4.69, 9.17) is 4.42 Å². The Kier molecular flexibility index (Phi) is 4.20. The number of hydrogen-bond acceptors (Lipinski definition) is 5. The Hall–Kier alpha value is -2.93. The van der Waals surface area contributed by atoms with E-state index in [1.165, 1.54) is 17.2 Å². The van der Waals surface area contributed by atoms with Crippen molar-refractivity contribution in [3.8, 4) is 0 Å². The van der Waals surface area contributed by atoms with E-state index in [9.17, 15) is 14.7 Å². The van der Waals surface area contributed by atoms with E-state index in [-0.39, 0.29) is 18.6 Å². The number of nitrogens with zero attached hydrogens (tertiary/aromatic N) is 2. The van der Waals surface area contributed by atoms with Crippen LogP contribution in [-0.4, -0.2) is 27.1 Å². The summed E-state index contributed by atoms with van der Waals surface area (Å²) in [6, 6.07) is 10.2. The summed E-state index contributed by atoms with van der Waals surface area (Å²) >= 11 is 0. The van der Waals surface area contributed by atoms with E-state index < -0.39 is 12.0 Å². The van der Waals surface area contributed by atoms with E-state index in [1.54, 1.807) is 36.4 Å². The molecule has 7 nitrogen and oxygen atoms in total. The molecule has 3 rings (SSSR count). The quantitative estimate of drug-likeness (QED) is 0.727. The lowest BCUT2D eigenvalue weighted by Crippen LogP contribution is -2.34. The Morgan fingerprint density at radius 2 is 2.13 bits per heavy atom. The number of aromatic nitrogens is 2. The van der Waals surface area contributed by atoms with Crippen LogP contribution in [0.15, 0.2) is 58.2 Å². The van der Waals surface area contributed by atoms with E-state index in [1.807, 2.05) is 0 Å². The van der Waals surface area contributed by atoms with Gasteiger partial charge in [-0.25, -0.2) is 4.98 Å². The molecule has 2 aromatic heterocycles. The number of benzene rings is 1. The summed E-state index contributed by atoms with van der Waals surface area (Å²) in [6.07, 6.45) is 1.86. The Balaban J connectivity index is 1.66. The Morgan fingerprint density at radius 1 is 1.30 bits per heavy atom. The molecule has 1 unspecified atom stereocenters. The zero-order chi connectivity index (χ0) is 16.2. The first-order valence-corrected chi connectivity index (χ1v) is 7.07. The first kappa shape index (κ1) is 15.0. The molecule has 7 heteroatoms. The third-order valence-electron chi connectivity index (χ3n) is 3.41. The van der Waals surface area contributed by atoms with Crippen LogP contribution >= 0.6 is 0 Å². The molecule has 0 radical (unpaired) electrons. The molecule has 0 aliphatic carbocycles. The molecular formula is C16H15N3O4. The molecule has 3 aromatic rings. The summed E-state index contributed by atoms with van der Waals surface area (Å²) in [7, 11) is 0. The molecule has 0 saturated carbocycles. The van der Waals surface area contributed by atoms with Crippen LogP contribution in [0.4, 0.5) is 0 Å². The summed E-state index contributed by atoms with van der Waals surface area (Å²) in [5.74, 6) is -0.0235. The molecule has 118 valence electrons. The number of hydrogen-bond donors (Lipinski definition) is 2. The molecule has 0 spiro atoms. The van der Waals surface area contributed by atoms with Gasteiger partial charge in [0.2, 0.25) is 5.91 Å². The van der Waals surface area contributed by atoms with Crippen molar-refractivity contribution in [2.75, 3.05) is 6.54 Å². The summed E-state index contributed by atoms with van der Waals surface area (Å²) in [4.78, 5) is 28.4. The van der Waals surface area contributed by atoms with Crippen LogP contribution in [0.3, 0.4) is 0 Å². The predicted molar refractivity (Wildman–Crippen MR) is 82.7 cm³/mol. The van der Waals surface area contributed by atoms with Crippen molar-refractivity contribution < 1.29 is 14.3 Å². The van der Waals surface area contributed by atoms with Crippen molar-refractivity contribution in [2.45, 2.75) is 12.6 Å². The van der Waals surface area contributed by atoms with Crippen LogP contribution in [0.1, 0.15) is 11.9 Å². The number of carbonyl (C=O) groups excluding carboxylic acids is 1. The second kappa shape index (κ2) is 6.45. The van der Waals surface area contributed by atoms with Gasteiger partial charge in [0, 0.05) is 0 Å². The summed E-state index contributed by atoms with van der Waals surface area (Å²) < 4.78 is 6.28. The zero-order valence-electron chi connectivity index (χ0n) is 12.2. The molecular weight excluding hydrogens is 298 g/mol. The first-order valence-electron chi connectivity index (χ1n) is 7.07. The number of fused-ring (bicyclic) bond motifs is 1. The monoisotopic (exact) mass is 313 g/mol. The fourth-order valence-electron chi connectivity index (χ4n) is 2.22. The Bertz CT molecular complexity index is 870. The molecule has 0 aliphatic heterocycles. The minimum absolute atomic E-state index is 0.00209. The molecule has 1 aromatic carbocycles. The molecule has 0 bridgehead atoms. The molecule has 1 amide bonds. The highest BCUT2D eigenvalue weighted by Gasteiger charge is 2.13. The van der Waals surface area contributed by atoms with Gasteiger partial charge in [-0.1, -0.05) is 12.1 Å². The van der Waals surface area contributed by atoms with Gasteiger partial charge in [-0.15, -0.1) is 0 Å². The third-order valence-corrected chi connectivity index (χ3v) is 3.41. The molecule has 23 heavy (non-hydrogen) atoms. The Morgan fingerprint density at radius 3 is 2.91 bits per heavy atom. The molecule has 0 saturated heterocycles. The summed E-state index contributed by atoms with van der Waals surface area (Å²) in [6.45, 7) is -0.163. The third kappa shape index (κ3) is 3.29. The van der Waals surface area contributed by atoms with Gasteiger partial charge in [0.25, 0.3) is 5.56 Å². The van der Waals surface area contributed by atoms with Crippen LogP contribution < -0.4 is 10.9 Å². The fraction of sp³-hybridized carbons (Fsp3) is 0.188. The second-order valence-electron chi connectivity index (χ2n) is 5.03. The number of carbonyl (C=O) groups is 1. The Labute approximate surface area is 131 Å². The van der Waals surface area contributed by atoms with Crippen LogP contribution in [-0.2, 0) is 11.3 Å². The SMILES string of the molecule is O=C(Cn1cnc2ccccc2c1=O)NCC(O)c1ccco1. The normalized spacial score (nSPS) is 12.2. The first-order chi connectivity index (χ1) is 11.1. The van der Waals surface area contributed by atoms with Crippen molar-refractivity contribution in [2.24, 2.45) is 0 Å². The second-order valence-corrected chi connectivity index (χ2v) is 5.03. The number of para-hydroxylation sites is 1. The van der Waals surface area contributed by atoms with E-state index in [2.05, 4.69) is 10.3 Å². The van der Waals surface area contributed by atoms with Gasteiger partial charge in [-0.3, -0.25) is 14.2 Å². The highest BCUT2D eigenvalue weighted by molar-refractivity contribution is 5.78. The highest BCUT2D eigenvalue weighted by Crippen LogP contribution is 2.11. The number of aliphatic hydroxyl groups is 1. The predicted octanol–water partition coefficient (Wildman–Crippen LogP) is 0.839. The lowest BCUT2D eigenvalue weighted by molar-refractivity contribution is -0.122. The summed E-state index contributed by atoms with van der Waals surface area (Å²) in [5.41, 5.74) is 0.305. The van der Waals surface area contributed by atoms with Gasteiger partial charge in [-0.05, 0) is 24.3 Å². The summed E-state index contributed by atoms with van der Waals surface area (Å²) in [5, 5.41) is 12.8. The van der Waals surface area contributed by atoms with Crippen molar-refractivity contribution in [3.05, 3.63) is 65.1 Å². The number of furan rings is 1. The molecule has 0 fully saturated rings. The minimum atomic E-state index is -0.930. The van der Waals surface area contributed by atoms with Gasteiger partial charge >= 0.3 is 0 Å². The zero-order valence-corrected chi connectivity index (χ0v) is 12.2. The van der Waals surface area contributed by atoms with Gasteiger partial charge in [0.1, 0.15) is 18.4 Å².